The molecule has 2 unspecified atom stereocenters. The average molecular weight is 237 g/mol. The van der Waals surface area contributed by atoms with Crippen LogP contribution >= 0.6 is 11.8 Å². The smallest absolute Gasteiger partial charge is 0.181 e. The highest BCUT2D eigenvalue weighted by atomic mass is 32.2. The van der Waals surface area contributed by atoms with Crippen LogP contribution in [-0.2, 0) is 4.74 Å². The summed E-state index contributed by atoms with van der Waals surface area (Å²) in [5, 5.41) is 9.23. The van der Waals surface area contributed by atoms with E-state index >= 15 is 0 Å². The van der Waals surface area contributed by atoms with Crippen LogP contribution in [0.4, 0.5) is 0 Å². The van der Waals surface area contributed by atoms with Gasteiger partial charge in [0.05, 0.1) is 6.61 Å². The lowest BCUT2D eigenvalue weighted by Gasteiger charge is -2.16. The molecule has 0 bridgehead atoms. The minimum atomic E-state index is -0.167. The lowest BCUT2D eigenvalue weighted by Crippen LogP contribution is -2.17. The van der Waals surface area contributed by atoms with E-state index in [4.69, 9.17) is 4.74 Å². The fourth-order valence-corrected chi connectivity index (χ4v) is 2.22. The molecule has 3 nitrogen and oxygen atoms in total. The second-order valence-electron chi connectivity index (χ2n) is 3.71. The van der Waals surface area contributed by atoms with Crippen LogP contribution in [0, 0.1) is 0 Å². The van der Waals surface area contributed by atoms with E-state index in [-0.39, 0.29) is 18.8 Å². The van der Waals surface area contributed by atoms with Crippen LogP contribution in [0.2, 0.25) is 0 Å². The van der Waals surface area contributed by atoms with Gasteiger partial charge in [-0.15, -0.1) is 11.8 Å². The number of aliphatic hydroxyl groups is 1. The van der Waals surface area contributed by atoms with Crippen molar-refractivity contribution in [2.45, 2.75) is 24.0 Å². The number of aliphatic hydroxyl groups excluding tert-OH is 1. The van der Waals surface area contributed by atoms with E-state index in [0.717, 1.165) is 5.56 Å². The number of thioether (sulfide) groups is 1. The Kier molecular flexibility index (Phi) is 3.51. The fraction of sp³-hybridized carbons (Fsp3) is 0.417. The van der Waals surface area contributed by atoms with Crippen LogP contribution in [0.3, 0.4) is 0 Å². The SMILES string of the molecule is CSc1ccc(C2OC(C)=NC2CO)cc1. The molecule has 1 N–H and O–H groups in total. The third-order valence-electron chi connectivity index (χ3n) is 2.63. The molecule has 1 heterocycles. The summed E-state index contributed by atoms with van der Waals surface area (Å²) in [7, 11) is 0. The molecule has 4 heteroatoms. The van der Waals surface area contributed by atoms with Gasteiger partial charge in [-0.05, 0) is 24.0 Å². The minimum absolute atomic E-state index is 0.0201. The maximum Gasteiger partial charge on any atom is 0.181 e. The molecule has 0 saturated heterocycles. The van der Waals surface area contributed by atoms with Crippen LogP contribution in [0.25, 0.3) is 0 Å². The lowest BCUT2D eigenvalue weighted by atomic mass is 10.0. The average Bonchev–Trinajstić information content (AvgIpc) is 2.70. The van der Waals surface area contributed by atoms with E-state index in [1.807, 2.05) is 25.3 Å². The molecule has 0 aliphatic carbocycles. The predicted octanol–water partition coefficient (Wildman–Crippen LogP) is 2.26. The summed E-state index contributed by atoms with van der Waals surface area (Å²) < 4.78 is 5.61. The number of benzene rings is 1. The Morgan fingerprint density at radius 3 is 2.62 bits per heavy atom. The van der Waals surface area contributed by atoms with Crippen molar-refractivity contribution in [3.8, 4) is 0 Å². The summed E-state index contributed by atoms with van der Waals surface area (Å²) in [6.45, 7) is 1.84. The van der Waals surface area contributed by atoms with Crippen molar-refractivity contribution in [3.05, 3.63) is 29.8 Å². The first-order valence-electron chi connectivity index (χ1n) is 5.20. The van der Waals surface area contributed by atoms with E-state index in [2.05, 4.69) is 17.1 Å². The molecule has 1 aromatic rings. The van der Waals surface area contributed by atoms with Crippen LogP contribution in [0.5, 0.6) is 0 Å². The highest BCUT2D eigenvalue weighted by Crippen LogP contribution is 2.29. The number of hydrogen-bond donors (Lipinski definition) is 1. The van der Waals surface area contributed by atoms with Gasteiger partial charge in [-0.2, -0.15) is 0 Å². The first-order chi connectivity index (χ1) is 7.74. The molecular formula is C12H15NO2S. The highest BCUT2D eigenvalue weighted by molar-refractivity contribution is 7.98. The van der Waals surface area contributed by atoms with Gasteiger partial charge in [-0.25, -0.2) is 4.99 Å². The maximum absolute atomic E-state index is 9.23. The molecule has 0 spiro atoms. The van der Waals surface area contributed by atoms with Crippen molar-refractivity contribution in [2.24, 2.45) is 4.99 Å². The second kappa shape index (κ2) is 4.89. The van der Waals surface area contributed by atoms with Gasteiger partial charge >= 0.3 is 0 Å². The first kappa shape index (κ1) is 11.5. The minimum Gasteiger partial charge on any atom is -0.471 e. The maximum atomic E-state index is 9.23. The van der Waals surface area contributed by atoms with E-state index in [1.54, 1.807) is 11.8 Å². The Morgan fingerprint density at radius 2 is 2.06 bits per heavy atom. The molecule has 2 rings (SSSR count). The highest BCUT2D eigenvalue weighted by Gasteiger charge is 2.29. The summed E-state index contributed by atoms with van der Waals surface area (Å²) in [6, 6.07) is 8.03. The van der Waals surface area contributed by atoms with Crippen molar-refractivity contribution < 1.29 is 9.84 Å². The van der Waals surface area contributed by atoms with Gasteiger partial charge in [-0.3, -0.25) is 0 Å². The normalized spacial score (nSPS) is 24.1. The Bertz CT molecular complexity index is 389. The molecule has 0 fully saturated rings. The molecule has 1 aliphatic heterocycles. The Hall–Kier alpha value is -1.00. The molecule has 0 aromatic heterocycles. The van der Waals surface area contributed by atoms with Gasteiger partial charge in [0, 0.05) is 11.8 Å². The Balaban J connectivity index is 2.18. The van der Waals surface area contributed by atoms with E-state index in [1.165, 1.54) is 4.90 Å². The number of nitrogens with zero attached hydrogens (tertiary/aromatic N) is 1. The van der Waals surface area contributed by atoms with Crippen LogP contribution < -0.4 is 0 Å². The zero-order valence-electron chi connectivity index (χ0n) is 9.38. The molecule has 0 amide bonds. The number of rotatable bonds is 3. The molecule has 0 radical (unpaired) electrons. The summed E-state index contributed by atoms with van der Waals surface area (Å²) in [6.07, 6.45) is 1.91. The quantitative estimate of drug-likeness (QED) is 0.820. The first-order valence-corrected chi connectivity index (χ1v) is 6.43. The third-order valence-corrected chi connectivity index (χ3v) is 3.37. The summed E-state index contributed by atoms with van der Waals surface area (Å²) in [5.41, 5.74) is 1.07. The van der Waals surface area contributed by atoms with Crippen molar-refractivity contribution in [2.75, 3.05) is 12.9 Å². The fourth-order valence-electron chi connectivity index (χ4n) is 1.81. The van der Waals surface area contributed by atoms with E-state index in [0.29, 0.717) is 5.90 Å². The van der Waals surface area contributed by atoms with Crippen molar-refractivity contribution in [3.63, 3.8) is 0 Å². The van der Waals surface area contributed by atoms with Crippen molar-refractivity contribution in [1.82, 2.24) is 0 Å². The predicted molar refractivity (Wildman–Crippen MR) is 66.0 cm³/mol. The third kappa shape index (κ3) is 2.23. The standard InChI is InChI=1S/C12H15NO2S/c1-8-13-11(7-14)12(15-8)9-3-5-10(16-2)6-4-9/h3-6,11-12,14H,7H2,1-2H3. The van der Waals surface area contributed by atoms with Gasteiger partial charge in [0.1, 0.15) is 12.1 Å². The molecule has 86 valence electrons. The Labute approximate surface area is 99.5 Å². The monoisotopic (exact) mass is 237 g/mol. The van der Waals surface area contributed by atoms with Crippen LogP contribution in [0.15, 0.2) is 34.2 Å². The second-order valence-corrected chi connectivity index (χ2v) is 4.59. The molecule has 16 heavy (non-hydrogen) atoms. The summed E-state index contributed by atoms with van der Waals surface area (Å²) in [4.78, 5) is 5.47. The largest absolute Gasteiger partial charge is 0.471 e. The molecular weight excluding hydrogens is 222 g/mol. The molecule has 0 saturated carbocycles. The number of aliphatic imine (C=N–C) groups is 1. The zero-order chi connectivity index (χ0) is 11.5. The van der Waals surface area contributed by atoms with E-state index < -0.39 is 0 Å². The Morgan fingerprint density at radius 1 is 1.38 bits per heavy atom. The van der Waals surface area contributed by atoms with Gasteiger partial charge in [0.2, 0.25) is 0 Å². The van der Waals surface area contributed by atoms with Gasteiger partial charge in [0.25, 0.3) is 0 Å². The lowest BCUT2D eigenvalue weighted by molar-refractivity contribution is 0.150. The van der Waals surface area contributed by atoms with Gasteiger partial charge in [0.15, 0.2) is 5.90 Å². The molecule has 2 atom stereocenters. The molecule has 1 aromatic carbocycles. The van der Waals surface area contributed by atoms with Crippen molar-refractivity contribution in [1.29, 1.82) is 0 Å². The number of hydrogen-bond acceptors (Lipinski definition) is 4. The number of ether oxygens (including phenoxy) is 1. The van der Waals surface area contributed by atoms with Crippen molar-refractivity contribution >= 4 is 17.7 Å². The summed E-state index contributed by atoms with van der Waals surface area (Å²) >= 11 is 1.71. The zero-order valence-corrected chi connectivity index (χ0v) is 10.2. The van der Waals surface area contributed by atoms with Gasteiger partial charge < -0.3 is 9.84 Å². The van der Waals surface area contributed by atoms with E-state index in [9.17, 15) is 5.11 Å². The van der Waals surface area contributed by atoms with Gasteiger partial charge in [-0.1, -0.05) is 12.1 Å². The van der Waals surface area contributed by atoms with Crippen LogP contribution in [0.1, 0.15) is 18.6 Å². The van der Waals surface area contributed by atoms with Crippen LogP contribution in [-0.4, -0.2) is 29.9 Å². The molecule has 1 aliphatic rings. The topological polar surface area (TPSA) is 41.8 Å². The summed E-state index contributed by atoms with van der Waals surface area (Å²) in [5.74, 6) is 0.651.